The second kappa shape index (κ2) is 17.3. The molecule has 0 radical (unpaired) electrons. The third kappa shape index (κ3) is 13.0. The zero-order valence-electron chi connectivity index (χ0n) is 20.7. The maximum absolute atomic E-state index is 12.1. The molecule has 2 N–H and O–H groups in total. The standard InChI is InChI=1S/C16H17NO.C4H6N2S.C4H6.C2H6.CH2O/c1-11-4-8-15(9-5-11)17-16(18)14-7-6-12(2)13(3)10-14;1-5-4-6-2-3-7-4;1-4-2-3-4;2*1-2/h4-10H,1-3H3,(H,17,18);2-3H,1H3,(H,5,6);1-3H2;1-2H3;1H2. The number of nitrogens with one attached hydrogen (secondary N) is 2. The van der Waals surface area contributed by atoms with E-state index in [9.17, 15) is 4.79 Å². The second-order valence-corrected chi connectivity index (χ2v) is 7.85. The van der Waals surface area contributed by atoms with Crippen molar-refractivity contribution in [1.82, 2.24) is 4.98 Å². The predicted molar refractivity (Wildman–Crippen MR) is 144 cm³/mol. The van der Waals surface area contributed by atoms with E-state index in [2.05, 4.69) is 22.2 Å². The molecule has 3 aromatic rings. The molecule has 6 heteroatoms. The first-order valence-electron chi connectivity index (χ1n) is 10.9. The number of anilines is 2. The highest BCUT2D eigenvalue weighted by molar-refractivity contribution is 7.13. The maximum atomic E-state index is 12.1. The van der Waals surface area contributed by atoms with Crippen molar-refractivity contribution in [3.63, 3.8) is 0 Å². The van der Waals surface area contributed by atoms with E-state index < -0.39 is 0 Å². The summed E-state index contributed by atoms with van der Waals surface area (Å²) in [6.07, 6.45) is 4.36. The van der Waals surface area contributed by atoms with E-state index in [1.807, 2.05) is 96.3 Å². The molecule has 0 spiro atoms. The minimum Gasteiger partial charge on any atom is -0.365 e. The fraction of sp³-hybridized carbons (Fsp3) is 0.296. The number of carbonyl (C=O) groups is 2. The average Bonchev–Trinajstić information content (AvgIpc) is 3.44. The summed E-state index contributed by atoms with van der Waals surface area (Å²) >= 11 is 1.60. The summed E-state index contributed by atoms with van der Waals surface area (Å²) in [5, 5.41) is 8.72. The zero-order chi connectivity index (χ0) is 25.2. The van der Waals surface area contributed by atoms with Crippen LogP contribution in [0.2, 0.25) is 0 Å². The first kappa shape index (κ1) is 29.8. The van der Waals surface area contributed by atoms with E-state index >= 15 is 0 Å². The van der Waals surface area contributed by atoms with Gasteiger partial charge in [-0.05, 0) is 69.0 Å². The molecule has 1 fully saturated rings. The lowest BCUT2D eigenvalue weighted by atomic mass is 10.1. The number of rotatable bonds is 3. The Morgan fingerprint density at radius 1 is 0.970 bits per heavy atom. The molecule has 33 heavy (non-hydrogen) atoms. The molecule has 2 aromatic carbocycles. The molecule has 4 rings (SSSR count). The fourth-order valence-electron chi connectivity index (χ4n) is 2.16. The molecule has 5 nitrogen and oxygen atoms in total. The van der Waals surface area contributed by atoms with E-state index in [0.717, 1.165) is 16.4 Å². The van der Waals surface area contributed by atoms with Gasteiger partial charge in [-0.3, -0.25) is 4.79 Å². The van der Waals surface area contributed by atoms with Gasteiger partial charge in [0.15, 0.2) is 5.13 Å². The van der Waals surface area contributed by atoms with Gasteiger partial charge in [0.2, 0.25) is 0 Å². The lowest BCUT2D eigenvalue weighted by Crippen LogP contribution is -2.12. The third-order valence-corrected chi connectivity index (χ3v) is 5.12. The van der Waals surface area contributed by atoms with E-state index in [4.69, 9.17) is 4.79 Å². The summed E-state index contributed by atoms with van der Waals surface area (Å²) in [4.78, 5) is 24.0. The normalized spacial score (nSPS) is 10.3. The van der Waals surface area contributed by atoms with Crippen LogP contribution in [-0.4, -0.2) is 24.7 Å². The number of aromatic nitrogens is 1. The molecule has 0 aliphatic heterocycles. The molecule has 1 aliphatic carbocycles. The SMILES string of the molecule is C=C1CC1.C=O.CC.CNc1nccs1.Cc1ccc(NC(=O)c2ccc(C)c(C)c2)cc1. The van der Waals surface area contributed by atoms with E-state index in [1.165, 1.54) is 29.5 Å². The van der Waals surface area contributed by atoms with Crippen molar-refractivity contribution >= 4 is 34.9 Å². The van der Waals surface area contributed by atoms with Gasteiger partial charge >= 0.3 is 0 Å². The Kier molecular flexibility index (Phi) is 15.6. The van der Waals surface area contributed by atoms with E-state index in [-0.39, 0.29) is 5.91 Å². The Labute approximate surface area is 203 Å². The van der Waals surface area contributed by atoms with Crippen LogP contribution >= 0.6 is 11.3 Å². The Morgan fingerprint density at radius 2 is 1.55 bits per heavy atom. The number of thiazole rings is 1. The smallest absolute Gasteiger partial charge is 0.255 e. The highest BCUT2D eigenvalue weighted by Crippen LogP contribution is 2.23. The van der Waals surface area contributed by atoms with Crippen molar-refractivity contribution in [2.45, 2.75) is 47.5 Å². The van der Waals surface area contributed by atoms with Gasteiger partial charge in [-0.25, -0.2) is 4.98 Å². The van der Waals surface area contributed by atoms with Gasteiger partial charge in [-0.2, -0.15) is 0 Å². The number of hydrogen-bond donors (Lipinski definition) is 2. The summed E-state index contributed by atoms with van der Waals surface area (Å²) in [5.74, 6) is -0.0676. The van der Waals surface area contributed by atoms with Gasteiger partial charge in [-0.1, -0.05) is 49.8 Å². The quantitative estimate of drug-likeness (QED) is 0.399. The van der Waals surface area contributed by atoms with Gasteiger partial charge in [0.05, 0.1) is 0 Å². The van der Waals surface area contributed by atoms with E-state index in [0.29, 0.717) is 5.56 Å². The first-order chi connectivity index (χ1) is 15.9. The Balaban J connectivity index is 0.000000556. The first-order valence-corrected chi connectivity index (χ1v) is 11.7. The number of benzene rings is 2. The molecule has 1 saturated carbocycles. The molecule has 0 saturated heterocycles. The Hall–Kier alpha value is -3.25. The molecule has 0 bridgehead atoms. The van der Waals surface area contributed by atoms with Crippen molar-refractivity contribution in [1.29, 1.82) is 0 Å². The van der Waals surface area contributed by atoms with Crippen molar-refractivity contribution in [3.8, 4) is 0 Å². The zero-order valence-corrected chi connectivity index (χ0v) is 21.5. The molecular formula is C27H37N3O2S. The van der Waals surface area contributed by atoms with Crippen LogP contribution in [0, 0.1) is 20.8 Å². The lowest BCUT2D eigenvalue weighted by molar-refractivity contribution is -0.0980. The number of carbonyl (C=O) groups excluding carboxylic acids is 2. The van der Waals surface area contributed by atoms with Crippen LogP contribution in [0.1, 0.15) is 53.7 Å². The summed E-state index contributed by atoms with van der Waals surface area (Å²) in [6, 6.07) is 13.5. The van der Waals surface area contributed by atoms with Crippen molar-refractivity contribution in [2.24, 2.45) is 0 Å². The molecular weight excluding hydrogens is 430 g/mol. The number of allylic oxidation sites excluding steroid dienone is 1. The van der Waals surface area contributed by atoms with Crippen LogP contribution in [0.15, 0.2) is 66.2 Å². The van der Waals surface area contributed by atoms with Gasteiger partial charge in [0.25, 0.3) is 5.91 Å². The van der Waals surface area contributed by atoms with Crippen molar-refractivity contribution in [3.05, 3.63) is 88.4 Å². The van der Waals surface area contributed by atoms with Crippen LogP contribution in [0.5, 0.6) is 0 Å². The van der Waals surface area contributed by atoms with Crippen LogP contribution in [0.4, 0.5) is 10.8 Å². The van der Waals surface area contributed by atoms with Crippen LogP contribution in [0.25, 0.3) is 0 Å². The monoisotopic (exact) mass is 467 g/mol. The van der Waals surface area contributed by atoms with Gasteiger partial charge < -0.3 is 15.4 Å². The van der Waals surface area contributed by atoms with E-state index in [1.54, 1.807) is 17.5 Å². The Morgan fingerprint density at radius 3 is 1.94 bits per heavy atom. The van der Waals surface area contributed by atoms with Crippen LogP contribution in [-0.2, 0) is 4.79 Å². The van der Waals surface area contributed by atoms with Gasteiger partial charge in [0.1, 0.15) is 6.79 Å². The van der Waals surface area contributed by atoms with Crippen LogP contribution in [0.3, 0.4) is 0 Å². The van der Waals surface area contributed by atoms with Crippen LogP contribution < -0.4 is 10.6 Å². The fourth-order valence-corrected chi connectivity index (χ4v) is 2.65. The minimum absolute atomic E-state index is 0.0676. The number of aryl methyl sites for hydroxylation is 3. The molecule has 178 valence electrons. The summed E-state index contributed by atoms with van der Waals surface area (Å²) in [5.41, 5.74) is 6.44. The summed E-state index contributed by atoms with van der Waals surface area (Å²) < 4.78 is 0. The molecule has 1 heterocycles. The average molecular weight is 468 g/mol. The molecule has 0 unspecified atom stereocenters. The number of nitrogens with zero attached hydrogens (tertiary/aromatic N) is 1. The summed E-state index contributed by atoms with van der Waals surface area (Å²) in [6.45, 7) is 15.7. The summed E-state index contributed by atoms with van der Waals surface area (Å²) in [7, 11) is 1.86. The van der Waals surface area contributed by atoms with Gasteiger partial charge in [-0.15, -0.1) is 11.3 Å². The highest BCUT2D eigenvalue weighted by atomic mass is 32.1. The minimum atomic E-state index is -0.0676. The van der Waals surface area contributed by atoms with Crippen molar-refractivity contribution in [2.75, 3.05) is 17.7 Å². The largest absolute Gasteiger partial charge is 0.365 e. The third-order valence-electron chi connectivity index (χ3n) is 4.33. The Bertz CT molecular complexity index is 946. The number of amides is 1. The maximum Gasteiger partial charge on any atom is 0.255 e. The molecule has 1 aliphatic rings. The lowest BCUT2D eigenvalue weighted by Gasteiger charge is -2.07. The molecule has 1 aromatic heterocycles. The molecule has 0 atom stereocenters. The number of hydrogen-bond acceptors (Lipinski definition) is 5. The second-order valence-electron chi connectivity index (χ2n) is 6.96. The molecule has 1 amide bonds. The van der Waals surface area contributed by atoms with Crippen molar-refractivity contribution < 1.29 is 9.59 Å². The topological polar surface area (TPSA) is 71.1 Å². The van der Waals surface area contributed by atoms with Gasteiger partial charge in [0, 0.05) is 29.9 Å². The predicted octanol–water partition coefficient (Wildman–Crippen LogP) is 7.23. The highest BCUT2D eigenvalue weighted by Gasteiger charge is 2.06.